The Morgan fingerprint density at radius 3 is 1.19 bits per heavy atom. The second-order valence-electron chi connectivity index (χ2n) is 16.4. The fourth-order valence-electron chi connectivity index (χ4n) is 10.8. The van der Waals surface area contributed by atoms with E-state index in [1.165, 1.54) is 131 Å². The van der Waals surface area contributed by atoms with Gasteiger partial charge in [-0.15, -0.1) is 0 Å². The third-order valence-corrected chi connectivity index (χ3v) is 13.4. The van der Waals surface area contributed by atoms with E-state index in [4.69, 9.17) is 0 Å². The lowest BCUT2D eigenvalue weighted by Gasteiger charge is -2.15. The lowest BCUT2D eigenvalue weighted by molar-refractivity contribution is 1.18. The molecule has 0 N–H and O–H groups in total. The topological polar surface area (TPSA) is 4.93 Å². The highest BCUT2D eigenvalue weighted by atomic mass is 15.0. The molecule has 1 heterocycles. The van der Waals surface area contributed by atoms with Crippen molar-refractivity contribution in [3.8, 4) is 39.1 Å². The molecule has 1 heteroatoms. The monoisotopic (exact) mass is 743 g/mol. The van der Waals surface area contributed by atoms with Crippen molar-refractivity contribution in [1.29, 1.82) is 0 Å². The van der Waals surface area contributed by atoms with Crippen LogP contribution in [-0.4, -0.2) is 4.57 Å². The first kappa shape index (κ1) is 31.4. The summed E-state index contributed by atoms with van der Waals surface area (Å²) in [6.45, 7) is 0. The van der Waals surface area contributed by atoms with Crippen LogP contribution in [0.1, 0.15) is 0 Å². The molecule has 59 heavy (non-hydrogen) atoms. The SMILES string of the molecule is c1ccc(-c2cccc(-n3c4cc(-c5ccc6ccc7cccc8ccc5c6c78)cc5ccc6cc(-c7ccc8ccc9cccc%10ccc7c8c9%10)cc3c6c54)c2)cc1. The molecule has 1 nitrogen and oxygen atoms in total. The Kier molecular flexibility index (Phi) is 6.08. The molecular formula is C58H33N. The van der Waals surface area contributed by atoms with Crippen molar-refractivity contribution in [3.05, 3.63) is 200 Å². The number of rotatable bonds is 4. The van der Waals surface area contributed by atoms with Crippen molar-refractivity contribution >= 4 is 97.2 Å². The van der Waals surface area contributed by atoms with E-state index in [2.05, 4.69) is 205 Å². The van der Waals surface area contributed by atoms with E-state index in [0.29, 0.717) is 0 Å². The average Bonchev–Trinajstić information content (AvgIpc) is 3.64. The van der Waals surface area contributed by atoms with Gasteiger partial charge in [0.25, 0.3) is 0 Å². The van der Waals surface area contributed by atoms with Crippen LogP contribution in [0, 0.1) is 0 Å². The molecule has 270 valence electrons. The summed E-state index contributed by atoms with van der Waals surface area (Å²) in [6, 6.07) is 75.3. The highest BCUT2D eigenvalue weighted by molar-refractivity contribution is 6.30. The molecule has 0 radical (unpaired) electrons. The van der Waals surface area contributed by atoms with E-state index in [1.807, 2.05) is 0 Å². The minimum absolute atomic E-state index is 1.16. The Balaban J connectivity index is 1.08. The summed E-state index contributed by atoms with van der Waals surface area (Å²) in [5, 5.41) is 20.8. The molecule has 0 aliphatic heterocycles. The summed E-state index contributed by atoms with van der Waals surface area (Å²) in [7, 11) is 0. The predicted octanol–water partition coefficient (Wildman–Crippen LogP) is 16.2. The Hall–Kier alpha value is -7.74. The van der Waals surface area contributed by atoms with Crippen LogP contribution in [0.2, 0.25) is 0 Å². The van der Waals surface area contributed by atoms with Gasteiger partial charge in [0.05, 0.1) is 11.0 Å². The summed E-state index contributed by atoms with van der Waals surface area (Å²) in [4.78, 5) is 0. The zero-order valence-corrected chi connectivity index (χ0v) is 32.0. The largest absolute Gasteiger partial charge is 0.309 e. The number of hydrogen-bond acceptors (Lipinski definition) is 0. The van der Waals surface area contributed by atoms with E-state index in [-0.39, 0.29) is 0 Å². The highest BCUT2D eigenvalue weighted by Crippen LogP contribution is 2.47. The van der Waals surface area contributed by atoms with Gasteiger partial charge in [-0.2, -0.15) is 0 Å². The molecule has 0 atom stereocenters. The Bertz CT molecular complexity index is 3750. The van der Waals surface area contributed by atoms with Crippen molar-refractivity contribution < 1.29 is 0 Å². The molecule has 0 aliphatic rings. The van der Waals surface area contributed by atoms with Crippen LogP contribution in [0.3, 0.4) is 0 Å². The number of nitrogens with zero attached hydrogens (tertiary/aromatic N) is 1. The van der Waals surface area contributed by atoms with Crippen LogP contribution in [0.25, 0.3) is 136 Å². The third kappa shape index (κ3) is 4.29. The normalized spacial score (nSPS) is 12.4. The average molecular weight is 744 g/mol. The Morgan fingerprint density at radius 1 is 0.237 bits per heavy atom. The molecule has 0 fully saturated rings. The van der Waals surface area contributed by atoms with Crippen molar-refractivity contribution in [2.45, 2.75) is 0 Å². The molecule has 1 aromatic heterocycles. The molecule has 0 amide bonds. The highest BCUT2D eigenvalue weighted by Gasteiger charge is 2.22. The van der Waals surface area contributed by atoms with Crippen LogP contribution in [0.4, 0.5) is 0 Å². The maximum atomic E-state index is 2.54. The number of benzene rings is 13. The minimum Gasteiger partial charge on any atom is -0.309 e. The molecule has 14 aromatic rings. The van der Waals surface area contributed by atoms with Gasteiger partial charge >= 0.3 is 0 Å². The quantitative estimate of drug-likeness (QED) is 0.158. The van der Waals surface area contributed by atoms with Gasteiger partial charge in [0.2, 0.25) is 0 Å². The van der Waals surface area contributed by atoms with Crippen molar-refractivity contribution in [2.24, 2.45) is 0 Å². The molecule has 0 unspecified atom stereocenters. The predicted molar refractivity (Wildman–Crippen MR) is 253 cm³/mol. The molecular weight excluding hydrogens is 711 g/mol. The van der Waals surface area contributed by atoms with E-state index in [9.17, 15) is 0 Å². The molecule has 0 aliphatic carbocycles. The van der Waals surface area contributed by atoms with Crippen molar-refractivity contribution in [3.63, 3.8) is 0 Å². The summed E-state index contributed by atoms with van der Waals surface area (Å²) < 4.78 is 2.54. The number of hydrogen-bond donors (Lipinski definition) is 0. The van der Waals surface area contributed by atoms with E-state index in [1.54, 1.807) is 0 Å². The first-order valence-electron chi connectivity index (χ1n) is 20.6. The van der Waals surface area contributed by atoms with Crippen molar-refractivity contribution in [1.82, 2.24) is 4.57 Å². The van der Waals surface area contributed by atoms with E-state index in [0.717, 1.165) is 5.69 Å². The summed E-state index contributed by atoms with van der Waals surface area (Å²) >= 11 is 0. The second kappa shape index (κ2) is 11.4. The van der Waals surface area contributed by atoms with E-state index >= 15 is 0 Å². The Morgan fingerprint density at radius 2 is 0.661 bits per heavy atom. The Labute approximate surface area is 339 Å². The lowest BCUT2D eigenvalue weighted by atomic mass is 9.88. The molecule has 0 bridgehead atoms. The van der Waals surface area contributed by atoms with Gasteiger partial charge in [-0.05, 0) is 145 Å². The zero-order valence-electron chi connectivity index (χ0n) is 32.0. The first-order chi connectivity index (χ1) is 29.2. The summed E-state index contributed by atoms with van der Waals surface area (Å²) in [5.74, 6) is 0. The standard InChI is InChI=1S/C58H33N/c1-2-7-34(8-3-1)41-13-6-14-46(31-41)59-51-32-44(47-25-21-39-17-15-35-9-4-11-37-23-27-49(47)55(39)53(35)37)29-42-19-20-43-30-45(33-52(59)58(43)57(42)51)48-26-22-40-18-16-36-10-5-12-38-24-28-50(48)56(40)54(36)38/h1-33H. The summed E-state index contributed by atoms with van der Waals surface area (Å²) in [6.07, 6.45) is 0. The molecule has 0 spiro atoms. The first-order valence-corrected chi connectivity index (χ1v) is 20.6. The van der Waals surface area contributed by atoms with Gasteiger partial charge in [-0.25, -0.2) is 0 Å². The smallest absolute Gasteiger partial charge is 0.0553 e. The van der Waals surface area contributed by atoms with Crippen LogP contribution in [0.15, 0.2) is 200 Å². The fraction of sp³-hybridized carbons (Fsp3) is 0. The fourth-order valence-corrected chi connectivity index (χ4v) is 10.8. The lowest BCUT2D eigenvalue weighted by Crippen LogP contribution is -1.95. The van der Waals surface area contributed by atoms with Crippen LogP contribution in [0.5, 0.6) is 0 Å². The van der Waals surface area contributed by atoms with Crippen LogP contribution >= 0.6 is 0 Å². The second-order valence-corrected chi connectivity index (χ2v) is 16.4. The maximum Gasteiger partial charge on any atom is 0.0553 e. The third-order valence-electron chi connectivity index (χ3n) is 13.4. The molecule has 14 rings (SSSR count). The number of aromatic nitrogens is 1. The van der Waals surface area contributed by atoms with Gasteiger partial charge in [0.1, 0.15) is 0 Å². The van der Waals surface area contributed by atoms with Crippen molar-refractivity contribution in [2.75, 3.05) is 0 Å². The molecule has 13 aromatic carbocycles. The van der Waals surface area contributed by atoms with Gasteiger partial charge in [0, 0.05) is 16.5 Å². The molecule has 0 saturated heterocycles. The van der Waals surface area contributed by atoms with E-state index < -0.39 is 0 Å². The zero-order chi connectivity index (χ0) is 38.3. The van der Waals surface area contributed by atoms with Gasteiger partial charge < -0.3 is 4.57 Å². The summed E-state index contributed by atoms with van der Waals surface area (Å²) in [5.41, 5.74) is 11.0. The van der Waals surface area contributed by atoms with Gasteiger partial charge in [-0.3, -0.25) is 0 Å². The van der Waals surface area contributed by atoms with Gasteiger partial charge in [-0.1, -0.05) is 164 Å². The maximum absolute atomic E-state index is 2.54. The van der Waals surface area contributed by atoms with Crippen LogP contribution in [-0.2, 0) is 0 Å². The minimum atomic E-state index is 1.16. The van der Waals surface area contributed by atoms with Gasteiger partial charge in [0.15, 0.2) is 0 Å². The molecule has 0 saturated carbocycles. The van der Waals surface area contributed by atoms with Crippen LogP contribution < -0.4 is 0 Å².